The van der Waals surface area contributed by atoms with Gasteiger partial charge >= 0.3 is 12.2 Å². The fourth-order valence-corrected chi connectivity index (χ4v) is 3.48. The summed E-state index contributed by atoms with van der Waals surface area (Å²) < 4.78 is 10.0. The lowest BCUT2D eigenvalue weighted by Crippen LogP contribution is -2.51. The van der Waals surface area contributed by atoms with E-state index >= 15 is 0 Å². The molecule has 0 spiro atoms. The number of carbonyl (C=O) groups is 2. The van der Waals surface area contributed by atoms with E-state index in [1.807, 2.05) is 0 Å². The second-order valence-electron chi connectivity index (χ2n) is 6.41. The Morgan fingerprint density at radius 1 is 0.654 bits per heavy atom. The molecule has 0 fully saturated rings. The number of hydrogen-bond donors (Lipinski definition) is 0. The summed E-state index contributed by atoms with van der Waals surface area (Å²) in [6, 6.07) is 0. The van der Waals surface area contributed by atoms with Crippen molar-refractivity contribution < 1.29 is 19.1 Å². The van der Waals surface area contributed by atoms with Crippen LogP contribution in [-0.4, -0.2) is 36.4 Å². The number of carbonyl (C=O) groups excluding carboxylic acids is 2. The van der Waals surface area contributed by atoms with Gasteiger partial charge in [0.15, 0.2) is 0 Å². The van der Waals surface area contributed by atoms with Crippen molar-refractivity contribution in [2.24, 2.45) is 0 Å². The zero-order valence-electron chi connectivity index (χ0n) is 17.2. The molecule has 0 aromatic rings. The van der Waals surface area contributed by atoms with Crippen LogP contribution < -0.4 is 0 Å². The topological polar surface area (TPSA) is 59.1 Å². The number of ether oxygens (including phenoxy) is 2. The summed E-state index contributed by atoms with van der Waals surface area (Å²) in [5.74, 6) is 0. The Balaban J connectivity index is 3.75. The lowest BCUT2D eigenvalue weighted by Gasteiger charge is -2.42. The van der Waals surface area contributed by atoms with Crippen LogP contribution in [-0.2, 0) is 9.47 Å². The Morgan fingerprint density at radius 2 is 0.962 bits per heavy atom. The minimum atomic E-state index is -0.559. The molecule has 1 aliphatic rings. The van der Waals surface area contributed by atoms with Gasteiger partial charge in [0.25, 0.3) is 0 Å². The molecule has 0 aliphatic carbocycles. The second kappa shape index (κ2) is 10.9. The highest BCUT2D eigenvalue weighted by molar-refractivity contribution is 5.79. The van der Waals surface area contributed by atoms with Gasteiger partial charge in [0.2, 0.25) is 0 Å². The molecule has 0 aromatic heterocycles. The van der Waals surface area contributed by atoms with E-state index in [9.17, 15) is 9.59 Å². The van der Waals surface area contributed by atoms with Gasteiger partial charge in [0.1, 0.15) is 0 Å². The molecule has 2 amide bonds. The predicted octanol–water partition coefficient (Wildman–Crippen LogP) is 5.76. The molecular formula is C20H34N2O4. The van der Waals surface area contributed by atoms with Gasteiger partial charge in [-0.2, -0.15) is 10.0 Å². The van der Waals surface area contributed by atoms with E-state index in [2.05, 4.69) is 27.7 Å². The average molecular weight is 367 g/mol. The van der Waals surface area contributed by atoms with Gasteiger partial charge in [0, 0.05) is 0 Å². The summed E-state index contributed by atoms with van der Waals surface area (Å²) in [5.41, 5.74) is 4.08. The third-order valence-electron chi connectivity index (χ3n) is 4.44. The molecule has 0 unspecified atom stereocenters. The van der Waals surface area contributed by atoms with E-state index in [1.165, 1.54) is 35.4 Å². The molecule has 6 heteroatoms. The van der Waals surface area contributed by atoms with Crippen molar-refractivity contribution in [1.29, 1.82) is 0 Å². The molecule has 1 heterocycles. The lowest BCUT2D eigenvalue weighted by molar-refractivity contribution is 0.0208. The molecule has 0 aromatic carbocycles. The van der Waals surface area contributed by atoms with Crippen LogP contribution in [0.15, 0.2) is 22.5 Å². The average Bonchev–Trinajstić information content (AvgIpc) is 2.64. The van der Waals surface area contributed by atoms with Crippen LogP contribution in [0.4, 0.5) is 9.59 Å². The van der Waals surface area contributed by atoms with E-state index < -0.39 is 12.2 Å². The van der Waals surface area contributed by atoms with Crippen molar-refractivity contribution >= 4 is 12.2 Å². The quantitative estimate of drug-likeness (QED) is 0.548. The maximum atomic E-state index is 12.6. The van der Waals surface area contributed by atoms with Gasteiger partial charge in [-0.3, -0.25) is 0 Å². The maximum absolute atomic E-state index is 12.6. The first kappa shape index (κ1) is 22.1. The molecular weight excluding hydrogens is 332 g/mol. The van der Waals surface area contributed by atoms with Gasteiger partial charge in [-0.15, -0.1) is 0 Å². The Bertz CT molecular complexity index is 516. The first-order chi connectivity index (χ1) is 12.5. The standard InChI is InChI=1S/C20H34N2O4/c1-7-11-15-16(12-8-2)18(14-10-4)22(20(24)26-6)21(19(23)25-5)17(15)13-9-3/h7-14H2,1-6H3. The lowest BCUT2D eigenvalue weighted by atomic mass is 9.89. The normalized spacial score (nSPS) is 14.8. The first-order valence-electron chi connectivity index (χ1n) is 9.72. The molecule has 0 N–H and O–H groups in total. The number of methoxy groups -OCH3 is 2. The summed E-state index contributed by atoms with van der Waals surface area (Å²) in [7, 11) is 2.68. The number of nitrogens with zero attached hydrogens (tertiary/aromatic N) is 2. The molecule has 1 aliphatic heterocycles. The van der Waals surface area contributed by atoms with E-state index in [0.717, 1.165) is 49.9 Å². The van der Waals surface area contributed by atoms with Crippen molar-refractivity contribution in [2.45, 2.75) is 79.1 Å². The molecule has 0 bridgehead atoms. The molecule has 148 valence electrons. The Kier molecular flexibility index (Phi) is 9.24. The highest BCUT2D eigenvalue weighted by atomic mass is 16.6. The maximum Gasteiger partial charge on any atom is 0.433 e. The van der Waals surface area contributed by atoms with Crippen molar-refractivity contribution in [3.05, 3.63) is 22.5 Å². The largest absolute Gasteiger partial charge is 0.451 e. The Labute approximate surface area is 157 Å². The summed E-state index contributed by atoms with van der Waals surface area (Å²) in [6.07, 6.45) is 5.72. The van der Waals surface area contributed by atoms with Crippen molar-refractivity contribution in [2.75, 3.05) is 14.2 Å². The highest BCUT2D eigenvalue weighted by Gasteiger charge is 2.39. The minimum Gasteiger partial charge on any atom is -0.451 e. The smallest absolute Gasteiger partial charge is 0.433 e. The summed E-state index contributed by atoms with van der Waals surface area (Å²) in [6.45, 7) is 8.40. The van der Waals surface area contributed by atoms with Crippen LogP contribution in [0.5, 0.6) is 0 Å². The molecule has 0 atom stereocenters. The van der Waals surface area contributed by atoms with Gasteiger partial charge in [-0.25, -0.2) is 9.59 Å². The third kappa shape index (κ3) is 4.59. The number of hydrazine groups is 1. The third-order valence-corrected chi connectivity index (χ3v) is 4.44. The highest BCUT2D eigenvalue weighted by Crippen LogP contribution is 2.40. The second-order valence-corrected chi connectivity index (χ2v) is 6.41. The van der Waals surface area contributed by atoms with Crippen LogP contribution in [0.25, 0.3) is 0 Å². The van der Waals surface area contributed by atoms with E-state index in [1.54, 1.807) is 0 Å². The van der Waals surface area contributed by atoms with Gasteiger partial charge in [-0.05, 0) is 36.8 Å². The first-order valence-corrected chi connectivity index (χ1v) is 9.72. The molecule has 26 heavy (non-hydrogen) atoms. The van der Waals surface area contributed by atoms with E-state index in [0.29, 0.717) is 12.8 Å². The van der Waals surface area contributed by atoms with Crippen LogP contribution in [0.3, 0.4) is 0 Å². The Hall–Kier alpha value is -1.98. The molecule has 0 saturated carbocycles. The molecule has 1 rings (SSSR count). The minimum absolute atomic E-state index is 0.559. The van der Waals surface area contributed by atoms with Crippen molar-refractivity contribution in [3.63, 3.8) is 0 Å². The SMILES string of the molecule is CCCC1=C(CCC)N(C(=O)OC)N(C(=O)OC)C(CCC)=C1CCC. The van der Waals surface area contributed by atoms with Crippen LogP contribution in [0, 0.1) is 0 Å². The van der Waals surface area contributed by atoms with Crippen LogP contribution >= 0.6 is 0 Å². The predicted molar refractivity (Wildman–Crippen MR) is 102 cm³/mol. The van der Waals surface area contributed by atoms with Crippen LogP contribution in [0.2, 0.25) is 0 Å². The number of rotatable bonds is 8. The molecule has 6 nitrogen and oxygen atoms in total. The number of hydrogen-bond acceptors (Lipinski definition) is 4. The van der Waals surface area contributed by atoms with Crippen LogP contribution in [0.1, 0.15) is 79.1 Å². The zero-order chi connectivity index (χ0) is 19.7. The monoisotopic (exact) mass is 366 g/mol. The van der Waals surface area contributed by atoms with Gasteiger partial charge < -0.3 is 9.47 Å². The molecule has 0 saturated heterocycles. The van der Waals surface area contributed by atoms with Crippen molar-refractivity contribution in [1.82, 2.24) is 10.0 Å². The fraction of sp³-hybridized carbons (Fsp3) is 0.700. The number of allylic oxidation sites excluding steroid dienone is 4. The number of amides is 2. The molecule has 0 radical (unpaired) electrons. The summed E-state index contributed by atoms with van der Waals surface area (Å²) in [4.78, 5) is 25.3. The zero-order valence-corrected chi connectivity index (χ0v) is 17.2. The summed E-state index contributed by atoms with van der Waals surface area (Å²) >= 11 is 0. The fourth-order valence-electron chi connectivity index (χ4n) is 3.48. The Morgan fingerprint density at radius 3 is 1.19 bits per heavy atom. The van der Waals surface area contributed by atoms with E-state index in [4.69, 9.17) is 9.47 Å². The van der Waals surface area contributed by atoms with Gasteiger partial charge in [0.05, 0.1) is 25.6 Å². The summed E-state index contributed by atoms with van der Waals surface area (Å²) in [5, 5.41) is 2.79. The van der Waals surface area contributed by atoms with E-state index in [-0.39, 0.29) is 0 Å². The van der Waals surface area contributed by atoms with Gasteiger partial charge in [-0.1, -0.05) is 53.4 Å². The van der Waals surface area contributed by atoms with Crippen molar-refractivity contribution in [3.8, 4) is 0 Å².